The Morgan fingerprint density at radius 1 is 0.895 bits per heavy atom. The third-order valence-electron chi connectivity index (χ3n) is 5.48. The summed E-state index contributed by atoms with van der Waals surface area (Å²) in [6, 6.07) is 16.0. The molecule has 0 aliphatic rings. The first kappa shape index (κ1) is 26.9. The second-order valence-corrected chi connectivity index (χ2v) is 10.2. The van der Waals surface area contributed by atoms with Crippen LogP contribution in [0.4, 0.5) is 5.69 Å². The van der Waals surface area contributed by atoms with Crippen LogP contribution >= 0.6 is 11.7 Å². The molecule has 0 aliphatic heterocycles. The number of aromatic nitrogens is 2. The Morgan fingerprint density at radius 3 is 2.18 bits per heavy atom. The van der Waals surface area contributed by atoms with Crippen LogP contribution in [0.1, 0.15) is 26.3 Å². The molecule has 1 amide bonds. The molecule has 0 radical (unpaired) electrons. The standard InChI is InChI=1S/C25H22N4O7S2/c1-35-24(31)16-12-17(25(32)36-2)14-18(13-16)26-23(30)20(11-15-7-4-3-5-8-15)29-38(33,34)21-10-6-9-19-22(21)28-37-27-19/h3-10,12-14,20,29H,11H2,1-2H3,(H,26,30). The molecule has 1 heterocycles. The number of fused-ring (bicyclic) bond motifs is 1. The zero-order chi connectivity index (χ0) is 27.3. The maximum absolute atomic E-state index is 13.4. The Bertz CT molecular complexity index is 1570. The number of sulfonamides is 1. The maximum atomic E-state index is 13.4. The van der Waals surface area contributed by atoms with Crippen molar-refractivity contribution in [2.75, 3.05) is 19.5 Å². The van der Waals surface area contributed by atoms with Crippen molar-refractivity contribution in [2.45, 2.75) is 17.4 Å². The maximum Gasteiger partial charge on any atom is 0.337 e. The molecule has 0 saturated carbocycles. The van der Waals surface area contributed by atoms with Gasteiger partial charge in [-0.15, -0.1) is 0 Å². The van der Waals surface area contributed by atoms with Crippen LogP contribution < -0.4 is 10.0 Å². The van der Waals surface area contributed by atoms with E-state index in [4.69, 9.17) is 9.47 Å². The summed E-state index contributed by atoms with van der Waals surface area (Å²) in [6.07, 6.45) is 0.0117. The molecule has 1 aromatic heterocycles. The summed E-state index contributed by atoms with van der Waals surface area (Å²) in [5.74, 6) is -2.20. The lowest BCUT2D eigenvalue weighted by Crippen LogP contribution is -2.45. The number of nitrogens with one attached hydrogen (secondary N) is 2. The summed E-state index contributed by atoms with van der Waals surface area (Å²) in [6.45, 7) is 0. The quantitative estimate of drug-likeness (QED) is 0.297. The minimum Gasteiger partial charge on any atom is -0.465 e. The van der Waals surface area contributed by atoms with Crippen LogP contribution in [0.5, 0.6) is 0 Å². The average molecular weight is 555 g/mol. The van der Waals surface area contributed by atoms with Crippen molar-refractivity contribution in [2.24, 2.45) is 0 Å². The fourth-order valence-electron chi connectivity index (χ4n) is 3.69. The lowest BCUT2D eigenvalue weighted by atomic mass is 10.1. The van der Waals surface area contributed by atoms with Crippen molar-refractivity contribution < 1.29 is 32.3 Å². The lowest BCUT2D eigenvalue weighted by molar-refractivity contribution is -0.117. The van der Waals surface area contributed by atoms with Crippen molar-refractivity contribution in [3.05, 3.63) is 83.4 Å². The van der Waals surface area contributed by atoms with Gasteiger partial charge in [-0.25, -0.2) is 18.0 Å². The van der Waals surface area contributed by atoms with Crippen LogP contribution in [-0.2, 0) is 30.7 Å². The number of esters is 2. The molecule has 13 heteroatoms. The second kappa shape index (κ2) is 11.5. The van der Waals surface area contributed by atoms with Crippen LogP contribution in [0.3, 0.4) is 0 Å². The molecule has 0 fully saturated rings. The molecular weight excluding hydrogens is 532 g/mol. The molecule has 0 saturated heterocycles. The van der Waals surface area contributed by atoms with Gasteiger partial charge in [-0.3, -0.25) is 4.79 Å². The first-order chi connectivity index (χ1) is 18.2. The molecule has 4 rings (SSSR count). The topological polar surface area (TPSA) is 154 Å². The largest absolute Gasteiger partial charge is 0.465 e. The third kappa shape index (κ3) is 6.02. The number of amides is 1. The number of ether oxygens (including phenoxy) is 2. The molecular formula is C25H22N4O7S2. The molecule has 1 unspecified atom stereocenters. The van der Waals surface area contributed by atoms with Gasteiger partial charge in [0.05, 0.1) is 37.1 Å². The van der Waals surface area contributed by atoms with Crippen LogP contribution in [0.2, 0.25) is 0 Å². The van der Waals surface area contributed by atoms with Gasteiger partial charge >= 0.3 is 11.9 Å². The van der Waals surface area contributed by atoms with Crippen LogP contribution in [0, 0.1) is 0 Å². The van der Waals surface area contributed by atoms with Crippen molar-refractivity contribution in [3.8, 4) is 0 Å². The lowest BCUT2D eigenvalue weighted by Gasteiger charge is -2.19. The molecule has 0 aliphatic carbocycles. The number of nitrogens with zero attached hydrogens (tertiary/aromatic N) is 2. The van der Waals surface area contributed by atoms with E-state index in [2.05, 4.69) is 18.8 Å². The van der Waals surface area contributed by atoms with E-state index < -0.39 is 33.9 Å². The Labute approximate surface area is 222 Å². The average Bonchev–Trinajstić information content (AvgIpc) is 3.41. The smallest absolute Gasteiger partial charge is 0.337 e. The highest BCUT2D eigenvalue weighted by Gasteiger charge is 2.29. The molecule has 3 aromatic carbocycles. The van der Waals surface area contributed by atoms with Gasteiger partial charge < -0.3 is 14.8 Å². The minimum atomic E-state index is -4.22. The van der Waals surface area contributed by atoms with Crippen molar-refractivity contribution in [1.29, 1.82) is 0 Å². The fourth-order valence-corrected chi connectivity index (χ4v) is 5.65. The minimum absolute atomic E-state index is 0.00593. The van der Waals surface area contributed by atoms with Gasteiger partial charge in [-0.05, 0) is 42.3 Å². The van der Waals surface area contributed by atoms with Gasteiger partial charge in [0.2, 0.25) is 15.9 Å². The summed E-state index contributed by atoms with van der Waals surface area (Å²) in [7, 11) is -1.87. The van der Waals surface area contributed by atoms with Gasteiger partial charge in [0.1, 0.15) is 22.0 Å². The number of rotatable bonds is 9. The summed E-state index contributed by atoms with van der Waals surface area (Å²) >= 11 is 0.877. The molecule has 1 atom stereocenters. The highest BCUT2D eigenvalue weighted by Crippen LogP contribution is 2.22. The normalized spacial score (nSPS) is 12.1. The monoisotopic (exact) mass is 554 g/mol. The number of anilines is 1. The zero-order valence-electron chi connectivity index (χ0n) is 20.2. The van der Waals surface area contributed by atoms with Gasteiger partial charge in [0.25, 0.3) is 0 Å². The Kier molecular flexibility index (Phi) is 8.10. The number of hydrogen-bond donors (Lipinski definition) is 2. The SMILES string of the molecule is COC(=O)c1cc(NC(=O)C(Cc2ccccc2)NS(=O)(=O)c2cccc3nsnc23)cc(C(=O)OC)c1. The van der Waals surface area contributed by atoms with Crippen molar-refractivity contribution >= 4 is 56.3 Å². The number of carbonyl (C=O) groups excluding carboxylic acids is 3. The van der Waals surface area contributed by atoms with Crippen LogP contribution in [0.15, 0.2) is 71.6 Å². The second-order valence-electron chi connectivity index (χ2n) is 8.02. The van der Waals surface area contributed by atoms with E-state index in [1.54, 1.807) is 36.4 Å². The zero-order valence-corrected chi connectivity index (χ0v) is 21.8. The summed E-state index contributed by atoms with van der Waals surface area (Å²) in [4.78, 5) is 37.6. The van der Waals surface area contributed by atoms with E-state index in [9.17, 15) is 22.8 Å². The van der Waals surface area contributed by atoms with E-state index in [1.807, 2.05) is 0 Å². The van der Waals surface area contributed by atoms with Gasteiger partial charge in [-0.1, -0.05) is 36.4 Å². The molecule has 11 nitrogen and oxygen atoms in total. The van der Waals surface area contributed by atoms with Gasteiger partial charge in [-0.2, -0.15) is 13.5 Å². The van der Waals surface area contributed by atoms with Crippen molar-refractivity contribution in [3.63, 3.8) is 0 Å². The predicted octanol–water partition coefficient (Wildman–Crippen LogP) is 2.79. The summed E-state index contributed by atoms with van der Waals surface area (Å²) in [5, 5.41) is 2.60. The van der Waals surface area contributed by atoms with E-state index >= 15 is 0 Å². The summed E-state index contributed by atoms with van der Waals surface area (Å²) in [5.41, 5.74) is 1.36. The van der Waals surface area contributed by atoms with Crippen LogP contribution in [0.25, 0.3) is 11.0 Å². The Morgan fingerprint density at radius 2 is 1.55 bits per heavy atom. The Hall–Kier alpha value is -4.20. The molecule has 2 N–H and O–H groups in total. The van der Waals surface area contributed by atoms with Crippen molar-refractivity contribution in [1.82, 2.24) is 13.5 Å². The van der Waals surface area contributed by atoms with E-state index in [-0.39, 0.29) is 33.6 Å². The number of hydrogen-bond acceptors (Lipinski definition) is 10. The third-order valence-corrected chi connectivity index (χ3v) is 7.52. The van der Waals surface area contributed by atoms with Gasteiger partial charge in [0, 0.05) is 5.69 Å². The highest BCUT2D eigenvalue weighted by molar-refractivity contribution is 7.89. The van der Waals surface area contributed by atoms with Crippen LogP contribution in [-0.4, -0.2) is 55.3 Å². The Balaban J connectivity index is 1.69. The number of carbonyl (C=O) groups is 3. The first-order valence-corrected chi connectivity index (χ1v) is 13.3. The molecule has 0 spiro atoms. The van der Waals surface area contributed by atoms with E-state index in [1.165, 1.54) is 44.6 Å². The predicted molar refractivity (Wildman–Crippen MR) is 139 cm³/mol. The van der Waals surface area contributed by atoms with Gasteiger partial charge in [0.15, 0.2) is 0 Å². The number of methoxy groups -OCH3 is 2. The highest BCUT2D eigenvalue weighted by atomic mass is 32.2. The molecule has 4 aromatic rings. The number of benzene rings is 3. The molecule has 0 bridgehead atoms. The fraction of sp³-hybridized carbons (Fsp3) is 0.160. The summed E-state index contributed by atoms with van der Waals surface area (Å²) < 4.78 is 46.9. The molecule has 38 heavy (non-hydrogen) atoms. The first-order valence-electron chi connectivity index (χ1n) is 11.1. The van der Waals surface area contributed by atoms with E-state index in [0.717, 1.165) is 11.7 Å². The molecule has 196 valence electrons. The van der Waals surface area contributed by atoms with E-state index in [0.29, 0.717) is 11.1 Å².